The summed E-state index contributed by atoms with van der Waals surface area (Å²) in [6.45, 7) is 1.67. The maximum absolute atomic E-state index is 11.2. The van der Waals surface area contributed by atoms with Gasteiger partial charge in [0.1, 0.15) is 0 Å². The molecule has 0 radical (unpaired) electrons. The summed E-state index contributed by atoms with van der Waals surface area (Å²) in [4.78, 5) is 21.5. The van der Waals surface area contributed by atoms with Crippen LogP contribution in [0.1, 0.15) is 13.3 Å². The zero-order valence-corrected chi connectivity index (χ0v) is 7.65. The zero-order valence-electron chi connectivity index (χ0n) is 7.65. The molecule has 76 valence electrons. The lowest BCUT2D eigenvalue weighted by Gasteiger charge is -1.99. The molecule has 2 amide bonds. The SMILES string of the molecule is CC1=C(O)C(=O)C(/C=N/NC(N)=O)C1. The molecular weight excluding hydrogens is 186 g/mol. The number of hydrogen-bond donors (Lipinski definition) is 3. The predicted octanol–water partition coefficient (Wildman–Crippen LogP) is 0.0615. The van der Waals surface area contributed by atoms with E-state index >= 15 is 0 Å². The fourth-order valence-electron chi connectivity index (χ4n) is 1.22. The van der Waals surface area contributed by atoms with Gasteiger partial charge < -0.3 is 10.8 Å². The number of rotatable bonds is 2. The van der Waals surface area contributed by atoms with Gasteiger partial charge in [0.15, 0.2) is 5.76 Å². The van der Waals surface area contributed by atoms with Crippen molar-refractivity contribution >= 4 is 18.0 Å². The highest BCUT2D eigenvalue weighted by Crippen LogP contribution is 2.24. The molecule has 0 fully saturated rings. The van der Waals surface area contributed by atoms with Crippen LogP contribution in [-0.4, -0.2) is 23.1 Å². The molecule has 1 rings (SSSR count). The smallest absolute Gasteiger partial charge is 0.332 e. The van der Waals surface area contributed by atoms with Crippen molar-refractivity contribution in [1.82, 2.24) is 5.43 Å². The summed E-state index contributed by atoms with van der Waals surface area (Å²) >= 11 is 0. The van der Waals surface area contributed by atoms with Crippen molar-refractivity contribution < 1.29 is 14.7 Å². The predicted molar refractivity (Wildman–Crippen MR) is 49.7 cm³/mol. The largest absolute Gasteiger partial charge is 0.504 e. The molecule has 1 unspecified atom stereocenters. The highest BCUT2D eigenvalue weighted by molar-refractivity contribution is 6.07. The van der Waals surface area contributed by atoms with Crippen LogP contribution in [-0.2, 0) is 4.79 Å². The molecule has 0 spiro atoms. The third-order valence-corrected chi connectivity index (χ3v) is 1.93. The summed E-state index contributed by atoms with van der Waals surface area (Å²) in [6.07, 6.45) is 1.69. The van der Waals surface area contributed by atoms with Crippen molar-refractivity contribution in [3.05, 3.63) is 11.3 Å². The van der Waals surface area contributed by atoms with Crippen LogP contribution in [0.4, 0.5) is 4.79 Å². The molecule has 4 N–H and O–H groups in total. The maximum Gasteiger partial charge on any atom is 0.332 e. The quantitative estimate of drug-likeness (QED) is 0.430. The Hall–Kier alpha value is -1.85. The van der Waals surface area contributed by atoms with Crippen molar-refractivity contribution in [3.63, 3.8) is 0 Å². The molecule has 14 heavy (non-hydrogen) atoms. The number of aliphatic hydroxyl groups is 1. The van der Waals surface area contributed by atoms with Crippen molar-refractivity contribution in [2.45, 2.75) is 13.3 Å². The number of amides is 2. The molecule has 0 saturated carbocycles. The summed E-state index contributed by atoms with van der Waals surface area (Å²) in [7, 11) is 0. The highest BCUT2D eigenvalue weighted by Gasteiger charge is 2.29. The third kappa shape index (κ3) is 2.09. The number of carbonyl (C=O) groups is 2. The van der Waals surface area contributed by atoms with Crippen LogP contribution >= 0.6 is 0 Å². The maximum atomic E-state index is 11.2. The fraction of sp³-hybridized carbons (Fsp3) is 0.375. The molecule has 0 bridgehead atoms. The van der Waals surface area contributed by atoms with Crippen molar-refractivity contribution in [2.75, 3.05) is 0 Å². The number of aliphatic hydroxyl groups excluding tert-OH is 1. The van der Waals surface area contributed by atoms with Gasteiger partial charge in [0.05, 0.1) is 5.92 Å². The Labute approximate surface area is 80.5 Å². The monoisotopic (exact) mass is 197 g/mol. The van der Waals surface area contributed by atoms with Gasteiger partial charge in [-0.25, -0.2) is 10.2 Å². The van der Waals surface area contributed by atoms with Crippen LogP contribution in [0, 0.1) is 5.92 Å². The van der Waals surface area contributed by atoms with Crippen molar-refractivity contribution in [2.24, 2.45) is 16.8 Å². The number of nitrogens with two attached hydrogens (primary N) is 1. The van der Waals surface area contributed by atoms with Crippen LogP contribution in [0.25, 0.3) is 0 Å². The number of hydrogen-bond acceptors (Lipinski definition) is 4. The number of ketones is 1. The van der Waals surface area contributed by atoms with E-state index in [2.05, 4.69) is 5.10 Å². The number of hydrazone groups is 1. The minimum atomic E-state index is -0.791. The number of urea groups is 1. The van der Waals surface area contributed by atoms with Crippen LogP contribution in [0.5, 0.6) is 0 Å². The van der Waals surface area contributed by atoms with Gasteiger partial charge in [0.25, 0.3) is 0 Å². The zero-order chi connectivity index (χ0) is 10.7. The van der Waals surface area contributed by atoms with E-state index in [-0.39, 0.29) is 11.5 Å². The molecule has 0 saturated heterocycles. The van der Waals surface area contributed by atoms with Gasteiger partial charge in [-0.15, -0.1) is 0 Å². The van der Waals surface area contributed by atoms with Gasteiger partial charge in [-0.1, -0.05) is 0 Å². The fourth-order valence-corrected chi connectivity index (χ4v) is 1.22. The second-order valence-corrected chi connectivity index (χ2v) is 3.06. The van der Waals surface area contributed by atoms with E-state index in [9.17, 15) is 14.7 Å². The Balaban J connectivity index is 2.55. The lowest BCUT2D eigenvalue weighted by atomic mass is 10.1. The molecule has 0 aromatic rings. The van der Waals surface area contributed by atoms with E-state index in [1.54, 1.807) is 6.92 Å². The van der Waals surface area contributed by atoms with Crippen molar-refractivity contribution in [3.8, 4) is 0 Å². The second-order valence-electron chi connectivity index (χ2n) is 3.06. The number of Topliss-reactive ketones (excluding diaryl/α,β-unsaturated/α-hetero) is 1. The van der Waals surface area contributed by atoms with Gasteiger partial charge in [0, 0.05) is 6.21 Å². The van der Waals surface area contributed by atoms with Crippen LogP contribution in [0.2, 0.25) is 0 Å². The van der Waals surface area contributed by atoms with Gasteiger partial charge in [-0.05, 0) is 18.9 Å². The Kier molecular flexibility index (Phi) is 2.85. The van der Waals surface area contributed by atoms with Crippen LogP contribution < -0.4 is 11.2 Å². The Bertz CT molecular complexity index is 333. The first kappa shape index (κ1) is 10.2. The topological polar surface area (TPSA) is 105 Å². The number of primary amides is 1. The second kappa shape index (κ2) is 3.91. The van der Waals surface area contributed by atoms with Gasteiger partial charge in [-0.2, -0.15) is 5.10 Å². The first-order chi connectivity index (χ1) is 6.52. The van der Waals surface area contributed by atoms with E-state index in [1.165, 1.54) is 6.21 Å². The summed E-state index contributed by atoms with van der Waals surface area (Å²) in [5.41, 5.74) is 7.37. The molecule has 0 aromatic heterocycles. The molecule has 6 heteroatoms. The molecule has 1 aliphatic carbocycles. The molecule has 6 nitrogen and oxygen atoms in total. The molecule has 0 heterocycles. The average Bonchev–Trinajstić information content (AvgIpc) is 2.33. The first-order valence-electron chi connectivity index (χ1n) is 4.04. The van der Waals surface area contributed by atoms with Crippen LogP contribution in [0.15, 0.2) is 16.4 Å². The molecule has 1 aliphatic rings. The van der Waals surface area contributed by atoms with E-state index < -0.39 is 11.9 Å². The molecule has 0 aliphatic heterocycles. The van der Waals surface area contributed by atoms with Gasteiger partial charge in [-0.3, -0.25) is 4.79 Å². The lowest BCUT2D eigenvalue weighted by Crippen LogP contribution is -2.25. The van der Waals surface area contributed by atoms with Crippen molar-refractivity contribution in [1.29, 1.82) is 0 Å². The summed E-state index contributed by atoms with van der Waals surface area (Å²) in [5.74, 6) is -1.08. The number of nitrogens with one attached hydrogen (secondary N) is 1. The Morgan fingerprint density at radius 3 is 2.86 bits per heavy atom. The normalized spacial score (nSPS) is 22.1. The lowest BCUT2D eigenvalue weighted by molar-refractivity contribution is -0.118. The Morgan fingerprint density at radius 1 is 1.79 bits per heavy atom. The minimum absolute atomic E-state index is 0.208. The van der Waals surface area contributed by atoms with E-state index in [1.807, 2.05) is 5.43 Å². The number of carbonyl (C=O) groups excluding carboxylic acids is 2. The molecule has 0 aromatic carbocycles. The minimum Gasteiger partial charge on any atom is -0.504 e. The molecule has 1 atom stereocenters. The van der Waals surface area contributed by atoms with Gasteiger partial charge in [0.2, 0.25) is 5.78 Å². The highest BCUT2D eigenvalue weighted by atomic mass is 16.3. The summed E-state index contributed by atoms with van der Waals surface area (Å²) in [5, 5.41) is 12.7. The summed E-state index contributed by atoms with van der Waals surface area (Å²) < 4.78 is 0. The van der Waals surface area contributed by atoms with E-state index in [0.29, 0.717) is 12.0 Å². The Morgan fingerprint density at radius 2 is 2.43 bits per heavy atom. The number of allylic oxidation sites excluding steroid dienone is 2. The first-order valence-corrected chi connectivity index (χ1v) is 4.04. The number of nitrogens with zero attached hydrogens (tertiary/aromatic N) is 1. The average molecular weight is 197 g/mol. The summed E-state index contributed by atoms with van der Waals surface area (Å²) in [6, 6.07) is -0.791. The molecular formula is C8H11N3O3. The third-order valence-electron chi connectivity index (χ3n) is 1.93. The van der Waals surface area contributed by atoms with E-state index in [4.69, 9.17) is 5.73 Å². The van der Waals surface area contributed by atoms with Crippen LogP contribution in [0.3, 0.4) is 0 Å². The van der Waals surface area contributed by atoms with E-state index in [0.717, 1.165) is 0 Å². The standard InChI is InChI=1S/C8H11N3O3/c1-4-2-5(7(13)6(4)12)3-10-11-8(9)14/h3,5,12H,2H2,1H3,(H3,9,11,14)/b10-3+. The van der Waals surface area contributed by atoms with Gasteiger partial charge >= 0.3 is 6.03 Å².